The summed E-state index contributed by atoms with van der Waals surface area (Å²) in [6.07, 6.45) is 3.50. The predicted molar refractivity (Wildman–Crippen MR) is 199 cm³/mol. The Morgan fingerprint density at radius 3 is 2.71 bits per heavy atom. The molecule has 0 spiro atoms. The number of nitrogens with one attached hydrogen (secondary N) is 1. The van der Waals surface area contributed by atoms with E-state index in [9.17, 15) is 19.1 Å². The van der Waals surface area contributed by atoms with Crippen LogP contribution in [0.25, 0.3) is 10.2 Å². The third-order valence-corrected chi connectivity index (χ3v) is 11.2. The number of ether oxygens (including phenoxy) is 1. The van der Waals surface area contributed by atoms with Gasteiger partial charge in [-0.15, -0.1) is 11.3 Å². The SMILES string of the molecule is NC1CCN(CC#Cc2ccc(OCCCc3sc(N4CCc5cccc(C(=O)Nc6nc7ccccc7s6)c5C4)nc3C(=O)O)c(F)c2)CC1. The maximum atomic E-state index is 14.8. The number of para-hydroxylation sites is 1. The van der Waals surface area contributed by atoms with E-state index in [2.05, 4.69) is 32.0 Å². The molecule has 0 bridgehead atoms. The number of hydrogen-bond acceptors (Lipinski definition) is 10. The lowest BCUT2D eigenvalue weighted by molar-refractivity contribution is 0.0690. The summed E-state index contributed by atoms with van der Waals surface area (Å²) in [4.78, 5) is 39.6. The second-order valence-corrected chi connectivity index (χ2v) is 14.7. The molecule has 0 aliphatic carbocycles. The normalized spacial score (nSPS) is 14.9. The zero-order valence-corrected chi connectivity index (χ0v) is 29.5. The first-order valence-corrected chi connectivity index (χ1v) is 18.6. The number of carbonyl (C=O) groups excluding carboxylic acids is 1. The predicted octanol–water partition coefficient (Wildman–Crippen LogP) is 6.19. The number of rotatable bonds is 10. The summed E-state index contributed by atoms with van der Waals surface area (Å²) in [5.74, 6) is 4.45. The topological polar surface area (TPSA) is 134 Å². The highest BCUT2D eigenvalue weighted by Crippen LogP contribution is 2.33. The Morgan fingerprint density at radius 2 is 1.90 bits per heavy atom. The summed E-state index contributed by atoms with van der Waals surface area (Å²) in [5, 5.41) is 14.0. The van der Waals surface area contributed by atoms with Gasteiger partial charge in [-0.05, 0) is 79.6 Å². The van der Waals surface area contributed by atoms with Crippen LogP contribution in [0.1, 0.15) is 61.7 Å². The fourth-order valence-corrected chi connectivity index (χ4v) is 8.31. The van der Waals surface area contributed by atoms with E-state index in [1.165, 1.54) is 28.7 Å². The highest BCUT2D eigenvalue weighted by Gasteiger charge is 2.27. The smallest absolute Gasteiger partial charge is 0.355 e. The lowest BCUT2D eigenvalue weighted by Crippen LogP contribution is -2.39. The molecule has 0 radical (unpaired) electrons. The van der Waals surface area contributed by atoms with Crippen LogP contribution in [0.4, 0.5) is 14.7 Å². The van der Waals surface area contributed by atoms with Crippen molar-refractivity contribution in [1.82, 2.24) is 14.9 Å². The number of fused-ring (bicyclic) bond motifs is 2. The van der Waals surface area contributed by atoms with Crippen molar-refractivity contribution in [2.45, 2.75) is 44.7 Å². The van der Waals surface area contributed by atoms with Crippen LogP contribution >= 0.6 is 22.7 Å². The van der Waals surface area contributed by atoms with E-state index >= 15 is 0 Å². The van der Waals surface area contributed by atoms with Crippen LogP contribution in [0, 0.1) is 17.7 Å². The number of piperidine rings is 1. The number of benzene rings is 3. The lowest BCUT2D eigenvalue weighted by Gasteiger charge is -2.29. The quantitative estimate of drug-likeness (QED) is 0.114. The number of nitrogens with zero attached hydrogens (tertiary/aromatic N) is 4. The summed E-state index contributed by atoms with van der Waals surface area (Å²) in [6, 6.07) is 18.4. The number of likely N-dealkylation sites (tertiary alicyclic amines) is 1. The van der Waals surface area contributed by atoms with Gasteiger partial charge in [-0.25, -0.2) is 19.2 Å². The first kappa shape index (κ1) is 34.6. The Labute approximate surface area is 303 Å². The van der Waals surface area contributed by atoms with Crippen LogP contribution in [0.3, 0.4) is 0 Å². The van der Waals surface area contributed by atoms with E-state index in [0.29, 0.717) is 65.2 Å². The number of carbonyl (C=O) groups is 2. The van der Waals surface area contributed by atoms with Crippen molar-refractivity contribution < 1.29 is 23.8 Å². The highest BCUT2D eigenvalue weighted by atomic mass is 32.1. The van der Waals surface area contributed by atoms with E-state index in [1.807, 2.05) is 41.3 Å². The minimum atomic E-state index is -1.10. The van der Waals surface area contributed by atoms with Gasteiger partial charge in [0.15, 0.2) is 27.5 Å². The van der Waals surface area contributed by atoms with Gasteiger partial charge in [0.1, 0.15) is 0 Å². The van der Waals surface area contributed by atoms with Gasteiger partial charge in [-0.1, -0.05) is 47.4 Å². The third-order valence-electron chi connectivity index (χ3n) is 9.10. The van der Waals surface area contributed by atoms with E-state index in [1.54, 1.807) is 18.2 Å². The van der Waals surface area contributed by atoms with Gasteiger partial charge in [-0.3, -0.25) is 15.0 Å². The van der Waals surface area contributed by atoms with Gasteiger partial charge in [0.25, 0.3) is 5.91 Å². The van der Waals surface area contributed by atoms with Gasteiger partial charge >= 0.3 is 5.97 Å². The van der Waals surface area contributed by atoms with Crippen LogP contribution in [0.15, 0.2) is 60.7 Å². The molecule has 3 aromatic carbocycles. The third kappa shape index (κ3) is 8.21. The lowest BCUT2D eigenvalue weighted by atomic mass is 9.94. The maximum Gasteiger partial charge on any atom is 0.355 e. The Bertz CT molecular complexity index is 2100. The summed E-state index contributed by atoms with van der Waals surface area (Å²) in [6.45, 7) is 3.73. The molecule has 1 saturated heterocycles. The molecule has 2 aromatic heterocycles. The largest absolute Gasteiger partial charge is 0.491 e. The van der Waals surface area contributed by atoms with Gasteiger partial charge in [0, 0.05) is 48.2 Å². The molecule has 0 unspecified atom stereocenters. The first-order chi connectivity index (χ1) is 24.8. The number of amides is 1. The van der Waals surface area contributed by atoms with Gasteiger partial charge < -0.3 is 20.5 Å². The van der Waals surface area contributed by atoms with E-state index in [4.69, 9.17) is 10.5 Å². The fraction of sp³-hybridized carbons (Fsp3) is 0.316. The van der Waals surface area contributed by atoms with Crippen LogP contribution in [0.5, 0.6) is 5.75 Å². The molecule has 1 amide bonds. The van der Waals surface area contributed by atoms with Crippen molar-refractivity contribution in [3.8, 4) is 17.6 Å². The molecule has 2 aliphatic heterocycles. The number of thiazole rings is 2. The molecule has 1 fully saturated rings. The van der Waals surface area contributed by atoms with E-state index < -0.39 is 11.8 Å². The molecule has 0 saturated carbocycles. The Balaban J connectivity index is 0.959. The Kier molecular flexibility index (Phi) is 10.6. The number of aromatic carboxylic acids is 1. The van der Waals surface area contributed by atoms with Crippen molar-refractivity contribution in [3.63, 3.8) is 0 Å². The second kappa shape index (κ2) is 15.6. The van der Waals surface area contributed by atoms with E-state index in [-0.39, 0.29) is 30.0 Å². The van der Waals surface area contributed by atoms with Gasteiger partial charge in [0.05, 0.1) is 23.4 Å². The zero-order valence-electron chi connectivity index (χ0n) is 27.9. The van der Waals surface area contributed by atoms with E-state index in [0.717, 1.165) is 47.3 Å². The van der Waals surface area contributed by atoms with Gasteiger partial charge in [-0.2, -0.15) is 0 Å². The number of hydrogen-bond donors (Lipinski definition) is 3. The van der Waals surface area contributed by atoms with Crippen LogP contribution in [-0.4, -0.2) is 70.7 Å². The molecule has 7 rings (SSSR count). The monoisotopic (exact) mass is 724 g/mol. The van der Waals surface area contributed by atoms with Crippen molar-refractivity contribution in [2.75, 3.05) is 43.0 Å². The first-order valence-electron chi connectivity index (χ1n) is 17.0. The molecule has 13 heteroatoms. The van der Waals surface area contributed by atoms with Crippen LogP contribution in [0.2, 0.25) is 0 Å². The summed E-state index contributed by atoms with van der Waals surface area (Å²) in [7, 11) is 0. The molecule has 10 nitrogen and oxygen atoms in total. The Morgan fingerprint density at radius 1 is 1.06 bits per heavy atom. The summed E-state index contributed by atoms with van der Waals surface area (Å²) < 4.78 is 21.5. The van der Waals surface area contributed by atoms with Crippen molar-refractivity contribution in [3.05, 3.63) is 99.3 Å². The minimum Gasteiger partial charge on any atom is -0.491 e. The van der Waals surface area contributed by atoms with Crippen molar-refractivity contribution in [1.29, 1.82) is 0 Å². The molecule has 4 heterocycles. The van der Waals surface area contributed by atoms with Crippen molar-refractivity contribution in [2.24, 2.45) is 5.73 Å². The minimum absolute atomic E-state index is 0.00386. The highest BCUT2D eigenvalue weighted by molar-refractivity contribution is 7.22. The fourth-order valence-electron chi connectivity index (χ4n) is 6.33. The molecule has 51 heavy (non-hydrogen) atoms. The molecule has 262 valence electrons. The average molecular weight is 725 g/mol. The average Bonchev–Trinajstić information content (AvgIpc) is 3.75. The zero-order chi connectivity index (χ0) is 35.3. The standard InChI is InChI=1S/C38H37FN6O4S2/c39-29-22-24(6-4-17-44-18-15-26(40)16-19-44)12-13-31(29)49-21-5-11-33-34(36(47)48)42-38(51-33)45-20-14-25-7-3-8-27(28(25)23-45)35(46)43-37-41-30-9-1-2-10-32(30)50-37/h1-3,7-10,12-13,22,26H,5,11,14-21,23,40H2,(H,47,48)(H,41,43,46). The van der Waals surface area contributed by atoms with Crippen LogP contribution in [-0.2, 0) is 19.4 Å². The van der Waals surface area contributed by atoms with Crippen molar-refractivity contribution >= 4 is 55.0 Å². The number of aryl methyl sites for hydroxylation is 1. The number of nitrogens with two attached hydrogens (primary N) is 1. The summed E-state index contributed by atoms with van der Waals surface area (Å²) >= 11 is 2.75. The number of carboxylic acid groups (broad SMARTS) is 1. The number of carboxylic acids is 1. The number of halogens is 1. The summed E-state index contributed by atoms with van der Waals surface area (Å²) in [5.41, 5.74) is 9.89. The molecule has 2 aliphatic rings. The molecule has 0 atom stereocenters. The number of aromatic nitrogens is 2. The molecular weight excluding hydrogens is 688 g/mol. The molecule has 4 N–H and O–H groups in total. The van der Waals surface area contributed by atoms with Crippen LogP contribution < -0.4 is 20.7 Å². The Hall–Kier alpha value is -4.87. The number of anilines is 2. The molecular formula is C38H37FN6O4S2. The second-order valence-electron chi connectivity index (χ2n) is 12.6. The van der Waals surface area contributed by atoms with Gasteiger partial charge in [0.2, 0.25) is 0 Å². The maximum absolute atomic E-state index is 14.8. The molecule has 5 aromatic rings.